The quantitative estimate of drug-likeness (QED) is 0.193. The second-order valence-electron chi connectivity index (χ2n) is 6.79. The normalized spacial score (nSPS) is 14.4. The van der Waals surface area contributed by atoms with Gasteiger partial charge >= 0.3 is 0 Å². The predicted molar refractivity (Wildman–Crippen MR) is 105 cm³/mol. The van der Waals surface area contributed by atoms with Gasteiger partial charge in [0.1, 0.15) is 5.84 Å². The van der Waals surface area contributed by atoms with Crippen LogP contribution in [0.1, 0.15) is 96.3 Å². The Hall–Kier alpha value is -1.19. The number of nitrogens with one attached hydrogen (secondary N) is 4. The van der Waals surface area contributed by atoms with Gasteiger partial charge in [-0.2, -0.15) is 0 Å². The van der Waals surface area contributed by atoms with Crippen LogP contribution in [0, 0.1) is 0 Å². The van der Waals surface area contributed by atoms with Crippen molar-refractivity contribution >= 4 is 23.0 Å². The number of nitrogens with zero attached hydrogens (tertiary/aromatic N) is 1. The zero-order valence-electron chi connectivity index (χ0n) is 15.7. The van der Waals surface area contributed by atoms with Crippen molar-refractivity contribution in [2.45, 2.75) is 96.3 Å². The van der Waals surface area contributed by atoms with E-state index in [4.69, 9.17) is 4.55 Å². The zero-order chi connectivity index (χ0) is 18.9. The van der Waals surface area contributed by atoms with E-state index in [-0.39, 0.29) is 5.91 Å². The first-order chi connectivity index (χ1) is 12.7. The molecular weight excluding hydrogens is 354 g/mol. The van der Waals surface area contributed by atoms with Crippen LogP contribution in [0.3, 0.4) is 0 Å². The van der Waals surface area contributed by atoms with Crippen LogP contribution in [0.2, 0.25) is 0 Å². The maximum atomic E-state index is 11.2. The molecule has 1 atom stereocenters. The molecule has 1 amide bonds. The van der Waals surface area contributed by atoms with Crippen LogP contribution in [0.15, 0.2) is 5.10 Å². The molecule has 1 unspecified atom stereocenters. The summed E-state index contributed by atoms with van der Waals surface area (Å²) in [5.74, 6) is 0.652. The molecule has 0 aromatic heterocycles. The molecule has 0 radical (unpaired) electrons. The molecule has 1 heterocycles. The van der Waals surface area contributed by atoms with E-state index in [9.17, 15) is 9.00 Å². The summed E-state index contributed by atoms with van der Waals surface area (Å²) in [6, 6.07) is 0. The molecule has 9 heteroatoms. The van der Waals surface area contributed by atoms with E-state index in [0.717, 1.165) is 31.5 Å². The molecule has 0 fully saturated rings. The molecule has 0 aliphatic carbocycles. The van der Waals surface area contributed by atoms with Crippen molar-refractivity contribution in [3.63, 3.8) is 0 Å². The number of hydrogen-bond donors (Lipinski definition) is 5. The van der Waals surface area contributed by atoms with Crippen LogP contribution in [0.5, 0.6) is 0 Å². The van der Waals surface area contributed by atoms with E-state index in [2.05, 4.69) is 21.6 Å². The third-order valence-electron chi connectivity index (χ3n) is 4.47. The number of hydrazone groups is 1. The summed E-state index contributed by atoms with van der Waals surface area (Å²) < 4.78 is 20.9. The second-order valence-corrected chi connectivity index (χ2v) is 7.49. The summed E-state index contributed by atoms with van der Waals surface area (Å²) in [5.41, 5.74) is 8.38. The van der Waals surface area contributed by atoms with Gasteiger partial charge in [-0.3, -0.25) is 19.5 Å². The van der Waals surface area contributed by atoms with Crippen molar-refractivity contribution in [1.29, 1.82) is 0 Å². The van der Waals surface area contributed by atoms with Crippen molar-refractivity contribution in [3.05, 3.63) is 0 Å². The highest BCUT2D eigenvalue weighted by atomic mass is 32.2. The van der Waals surface area contributed by atoms with Crippen LogP contribution in [0.25, 0.3) is 0 Å². The molecule has 0 spiro atoms. The van der Waals surface area contributed by atoms with Crippen molar-refractivity contribution in [1.82, 2.24) is 21.2 Å². The summed E-state index contributed by atoms with van der Waals surface area (Å²) in [5, 5.41) is 4.06. The number of amidine groups is 1. The van der Waals surface area contributed by atoms with Crippen LogP contribution >= 0.6 is 0 Å². The number of carbonyl (C=O) groups is 1. The number of amides is 1. The largest absolute Gasteiger partial charge is 0.289 e. The molecule has 152 valence electrons. The van der Waals surface area contributed by atoms with E-state index < -0.39 is 11.3 Å². The van der Waals surface area contributed by atoms with E-state index in [1.807, 2.05) is 4.72 Å². The summed E-state index contributed by atoms with van der Waals surface area (Å²) in [7, 11) is 0. The number of rotatable bonds is 17. The van der Waals surface area contributed by atoms with Gasteiger partial charge in [-0.25, -0.2) is 9.74 Å². The smallest absolute Gasteiger partial charge is 0.261 e. The van der Waals surface area contributed by atoms with Crippen molar-refractivity contribution in [3.8, 4) is 0 Å². The second kappa shape index (κ2) is 16.0. The molecule has 0 saturated heterocycles. The summed E-state index contributed by atoms with van der Waals surface area (Å²) in [6.07, 6.45) is 17.2. The molecule has 0 bridgehead atoms. The van der Waals surface area contributed by atoms with Gasteiger partial charge in [0.2, 0.25) is 5.91 Å². The minimum atomic E-state index is -2.23. The van der Waals surface area contributed by atoms with Crippen LogP contribution in [0.4, 0.5) is 0 Å². The number of carbonyl (C=O) groups excluding carboxylic acids is 1. The molecule has 0 aromatic rings. The van der Waals surface area contributed by atoms with Gasteiger partial charge < -0.3 is 0 Å². The third kappa shape index (κ3) is 14.0. The fourth-order valence-electron chi connectivity index (χ4n) is 3.01. The van der Waals surface area contributed by atoms with Crippen LogP contribution < -0.4 is 21.2 Å². The Balaban J connectivity index is 1.70. The SMILES string of the molecule is O=C(CCCCCCCCCCCCCCCC1=NNNN1)NS(=O)O. The Morgan fingerprint density at radius 3 is 1.85 bits per heavy atom. The van der Waals surface area contributed by atoms with Gasteiger partial charge in [0.05, 0.1) is 0 Å². The van der Waals surface area contributed by atoms with Gasteiger partial charge in [0, 0.05) is 12.8 Å². The van der Waals surface area contributed by atoms with Crippen molar-refractivity contribution in [2.24, 2.45) is 5.10 Å². The highest BCUT2D eigenvalue weighted by Gasteiger charge is 2.04. The Kier molecular flexibility index (Phi) is 14.1. The average molecular weight is 390 g/mol. The minimum Gasteiger partial charge on any atom is -0.289 e. The maximum absolute atomic E-state index is 11.2. The van der Waals surface area contributed by atoms with Gasteiger partial charge in [-0.05, 0) is 12.8 Å². The molecule has 26 heavy (non-hydrogen) atoms. The van der Waals surface area contributed by atoms with Crippen molar-refractivity contribution in [2.75, 3.05) is 0 Å². The van der Waals surface area contributed by atoms with Gasteiger partial charge in [0.15, 0.2) is 0 Å². The first kappa shape index (κ1) is 22.9. The first-order valence-corrected chi connectivity index (χ1v) is 11.0. The van der Waals surface area contributed by atoms with Gasteiger partial charge in [-0.15, -0.1) is 10.6 Å². The predicted octanol–water partition coefficient (Wildman–Crippen LogP) is 3.02. The lowest BCUT2D eigenvalue weighted by Crippen LogP contribution is -2.34. The van der Waals surface area contributed by atoms with E-state index in [1.165, 1.54) is 64.2 Å². The monoisotopic (exact) mass is 389 g/mol. The molecule has 0 saturated carbocycles. The Bertz CT molecular complexity index is 435. The summed E-state index contributed by atoms with van der Waals surface area (Å²) in [6.45, 7) is 0. The number of hydrogen-bond acceptors (Lipinski definition) is 6. The average Bonchev–Trinajstić information content (AvgIpc) is 3.11. The minimum absolute atomic E-state index is 0.338. The molecule has 0 aromatic carbocycles. The highest BCUT2D eigenvalue weighted by molar-refractivity contribution is 7.77. The van der Waals surface area contributed by atoms with Crippen LogP contribution in [-0.4, -0.2) is 20.5 Å². The lowest BCUT2D eigenvalue weighted by molar-refractivity contribution is -0.119. The Labute approximate surface area is 159 Å². The van der Waals surface area contributed by atoms with E-state index in [1.54, 1.807) is 0 Å². The molecule has 8 nitrogen and oxygen atoms in total. The van der Waals surface area contributed by atoms with E-state index >= 15 is 0 Å². The number of unbranched alkanes of at least 4 members (excludes halogenated alkanes) is 12. The molecule has 5 N–H and O–H groups in total. The summed E-state index contributed by atoms with van der Waals surface area (Å²) in [4.78, 5) is 11.2. The fraction of sp³-hybridized carbons (Fsp3) is 0.882. The molecule has 1 aliphatic rings. The Morgan fingerprint density at radius 1 is 0.885 bits per heavy atom. The summed E-state index contributed by atoms with van der Waals surface area (Å²) >= 11 is -2.23. The first-order valence-electron chi connectivity index (χ1n) is 9.91. The lowest BCUT2D eigenvalue weighted by atomic mass is 10.0. The molecule has 1 rings (SSSR count). The molecule has 1 aliphatic heterocycles. The standard InChI is InChI=1S/C17H35N5O3S/c23-17(20-26(24)25)15-13-11-9-7-5-3-1-2-4-6-8-10-12-14-16-18-21-22-19-16/h21-22H,1-15H2,(H,18,19)(H,20,23)(H,24,25). The molecular formula is C17H35N5O3S. The zero-order valence-corrected chi connectivity index (χ0v) is 16.5. The highest BCUT2D eigenvalue weighted by Crippen LogP contribution is 2.13. The third-order valence-corrected chi connectivity index (χ3v) is 4.87. The Morgan fingerprint density at radius 2 is 1.38 bits per heavy atom. The maximum Gasteiger partial charge on any atom is 0.261 e. The van der Waals surface area contributed by atoms with E-state index in [0.29, 0.717) is 6.42 Å². The number of hydrazine groups is 2. The topological polar surface area (TPSA) is 115 Å². The van der Waals surface area contributed by atoms with Gasteiger partial charge in [0.25, 0.3) is 11.3 Å². The van der Waals surface area contributed by atoms with Crippen molar-refractivity contribution < 1.29 is 13.6 Å². The van der Waals surface area contributed by atoms with Gasteiger partial charge in [-0.1, -0.05) is 70.6 Å². The van der Waals surface area contributed by atoms with Crippen LogP contribution in [-0.2, 0) is 16.1 Å². The lowest BCUT2D eigenvalue weighted by Gasteiger charge is -2.04. The fourth-order valence-corrected chi connectivity index (χ4v) is 3.31.